The van der Waals surface area contributed by atoms with E-state index in [4.69, 9.17) is 10.5 Å². The standard InChI is InChI=1S/C12H26N2O/c1-3-9-15-10-8-14(2)12-6-4-11(13)5-7-12/h11-12H,3-10,13H2,1-2H3. The maximum Gasteiger partial charge on any atom is 0.0593 e. The summed E-state index contributed by atoms with van der Waals surface area (Å²) < 4.78 is 5.50. The van der Waals surface area contributed by atoms with Crippen molar-refractivity contribution in [3.05, 3.63) is 0 Å². The summed E-state index contributed by atoms with van der Waals surface area (Å²) >= 11 is 0. The molecule has 1 fully saturated rings. The van der Waals surface area contributed by atoms with Crippen LogP contribution in [0.2, 0.25) is 0 Å². The van der Waals surface area contributed by atoms with E-state index in [1.807, 2.05) is 0 Å². The molecule has 1 rings (SSSR count). The number of hydrogen-bond acceptors (Lipinski definition) is 3. The van der Waals surface area contributed by atoms with Crippen LogP contribution in [0, 0.1) is 0 Å². The van der Waals surface area contributed by atoms with Gasteiger partial charge in [0.25, 0.3) is 0 Å². The van der Waals surface area contributed by atoms with Gasteiger partial charge in [-0.15, -0.1) is 0 Å². The summed E-state index contributed by atoms with van der Waals surface area (Å²) in [5.74, 6) is 0. The van der Waals surface area contributed by atoms with E-state index in [1.165, 1.54) is 25.7 Å². The SMILES string of the molecule is CCCOCCN(C)C1CCC(N)CC1. The average Bonchev–Trinajstić information content (AvgIpc) is 2.25. The normalized spacial score (nSPS) is 27.2. The Kier molecular flexibility index (Phi) is 6.22. The van der Waals surface area contributed by atoms with Gasteiger partial charge in [-0.05, 0) is 39.2 Å². The zero-order valence-corrected chi connectivity index (χ0v) is 10.2. The monoisotopic (exact) mass is 214 g/mol. The average molecular weight is 214 g/mol. The van der Waals surface area contributed by atoms with Crippen molar-refractivity contribution in [1.82, 2.24) is 4.90 Å². The van der Waals surface area contributed by atoms with Gasteiger partial charge >= 0.3 is 0 Å². The van der Waals surface area contributed by atoms with Crippen molar-refractivity contribution < 1.29 is 4.74 Å². The van der Waals surface area contributed by atoms with Crippen LogP contribution in [0.4, 0.5) is 0 Å². The van der Waals surface area contributed by atoms with Gasteiger partial charge in [-0.2, -0.15) is 0 Å². The molecular weight excluding hydrogens is 188 g/mol. The zero-order chi connectivity index (χ0) is 11.1. The third kappa shape index (κ3) is 4.96. The van der Waals surface area contributed by atoms with Crippen LogP contribution in [-0.2, 0) is 4.74 Å². The molecule has 0 unspecified atom stereocenters. The van der Waals surface area contributed by atoms with Crippen LogP contribution in [0.1, 0.15) is 39.0 Å². The Morgan fingerprint density at radius 3 is 2.47 bits per heavy atom. The summed E-state index contributed by atoms with van der Waals surface area (Å²) in [6.07, 6.45) is 5.99. The maximum absolute atomic E-state index is 5.89. The molecule has 0 radical (unpaired) electrons. The van der Waals surface area contributed by atoms with Crippen molar-refractivity contribution in [2.75, 3.05) is 26.8 Å². The summed E-state index contributed by atoms with van der Waals surface area (Å²) in [6.45, 7) is 4.96. The second-order valence-corrected chi connectivity index (χ2v) is 4.66. The molecule has 0 atom stereocenters. The van der Waals surface area contributed by atoms with E-state index in [9.17, 15) is 0 Å². The van der Waals surface area contributed by atoms with E-state index in [-0.39, 0.29) is 0 Å². The molecule has 0 aromatic heterocycles. The minimum Gasteiger partial charge on any atom is -0.380 e. The highest BCUT2D eigenvalue weighted by Crippen LogP contribution is 2.20. The fourth-order valence-electron chi connectivity index (χ4n) is 2.18. The third-order valence-corrected chi connectivity index (χ3v) is 3.30. The van der Waals surface area contributed by atoms with E-state index >= 15 is 0 Å². The lowest BCUT2D eigenvalue weighted by molar-refractivity contribution is 0.0887. The lowest BCUT2D eigenvalue weighted by Gasteiger charge is -2.33. The van der Waals surface area contributed by atoms with Gasteiger partial charge in [0.2, 0.25) is 0 Å². The lowest BCUT2D eigenvalue weighted by atomic mass is 9.91. The topological polar surface area (TPSA) is 38.5 Å². The summed E-state index contributed by atoms with van der Waals surface area (Å²) in [7, 11) is 2.21. The molecule has 2 N–H and O–H groups in total. The Balaban J connectivity index is 2.08. The fourth-order valence-corrected chi connectivity index (χ4v) is 2.18. The van der Waals surface area contributed by atoms with Gasteiger partial charge in [-0.3, -0.25) is 0 Å². The molecule has 3 heteroatoms. The number of hydrogen-bond donors (Lipinski definition) is 1. The molecule has 0 aromatic rings. The highest BCUT2D eigenvalue weighted by molar-refractivity contribution is 4.79. The summed E-state index contributed by atoms with van der Waals surface area (Å²) in [4.78, 5) is 2.43. The second kappa shape index (κ2) is 7.20. The Morgan fingerprint density at radius 2 is 1.87 bits per heavy atom. The summed E-state index contributed by atoms with van der Waals surface area (Å²) in [5.41, 5.74) is 5.89. The van der Waals surface area contributed by atoms with Gasteiger partial charge in [-0.25, -0.2) is 0 Å². The first-order valence-corrected chi connectivity index (χ1v) is 6.27. The van der Waals surface area contributed by atoms with E-state index < -0.39 is 0 Å². The largest absolute Gasteiger partial charge is 0.380 e. The minimum atomic E-state index is 0.450. The minimum absolute atomic E-state index is 0.450. The van der Waals surface area contributed by atoms with Crippen molar-refractivity contribution in [2.24, 2.45) is 5.73 Å². The van der Waals surface area contributed by atoms with Gasteiger partial charge in [0.15, 0.2) is 0 Å². The van der Waals surface area contributed by atoms with E-state index in [0.717, 1.165) is 32.2 Å². The van der Waals surface area contributed by atoms with Gasteiger partial charge in [-0.1, -0.05) is 6.92 Å². The Morgan fingerprint density at radius 1 is 1.20 bits per heavy atom. The predicted molar refractivity (Wildman–Crippen MR) is 64.0 cm³/mol. The molecular formula is C12H26N2O. The molecule has 1 aliphatic rings. The van der Waals surface area contributed by atoms with Gasteiger partial charge in [0.1, 0.15) is 0 Å². The van der Waals surface area contributed by atoms with Gasteiger partial charge in [0.05, 0.1) is 6.61 Å². The first-order chi connectivity index (χ1) is 7.24. The van der Waals surface area contributed by atoms with Crippen molar-refractivity contribution in [3.63, 3.8) is 0 Å². The second-order valence-electron chi connectivity index (χ2n) is 4.66. The smallest absolute Gasteiger partial charge is 0.0593 e. The quantitative estimate of drug-likeness (QED) is 0.683. The Labute approximate surface area is 94.0 Å². The lowest BCUT2D eigenvalue weighted by Crippen LogP contribution is -2.40. The maximum atomic E-state index is 5.89. The fraction of sp³-hybridized carbons (Fsp3) is 1.00. The summed E-state index contributed by atoms with van der Waals surface area (Å²) in [6, 6.07) is 1.18. The predicted octanol–water partition coefficient (Wildman–Crippen LogP) is 1.61. The van der Waals surface area contributed by atoms with Crippen LogP contribution in [0.25, 0.3) is 0 Å². The Hall–Kier alpha value is -0.120. The van der Waals surface area contributed by atoms with Crippen molar-refractivity contribution in [3.8, 4) is 0 Å². The van der Waals surface area contributed by atoms with E-state index in [0.29, 0.717) is 6.04 Å². The molecule has 0 bridgehead atoms. The zero-order valence-electron chi connectivity index (χ0n) is 10.2. The van der Waals surface area contributed by atoms with Crippen LogP contribution in [0.15, 0.2) is 0 Å². The molecule has 15 heavy (non-hydrogen) atoms. The number of nitrogens with zero attached hydrogens (tertiary/aromatic N) is 1. The Bertz CT molecular complexity index is 156. The number of rotatable bonds is 6. The number of likely N-dealkylation sites (N-methyl/N-ethyl adjacent to an activating group) is 1. The summed E-state index contributed by atoms with van der Waals surface area (Å²) in [5, 5.41) is 0. The molecule has 1 aliphatic carbocycles. The van der Waals surface area contributed by atoms with Gasteiger partial charge < -0.3 is 15.4 Å². The first-order valence-electron chi connectivity index (χ1n) is 6.27. The molecule has 0 saturated heterocycles. The molecule has 0 spiro atoms. The van der Waals surface area contributed by atoms with E-state index in [2.05, 4.69) is 18.9 Å². The first kappa shape index (κ1) is 12.9. The molecule has 1 saturated carbocycles. The molecule has 0 aliphatic heterocycles. The highest BCUT2D eigenvalue weighted by Gasteiger charge is 2.21. The van der Waals surface area contributed by atoms with Crippen LogP contribution in [-0.4, -0.2) is 43.8 Å². The van der Waals surface area contributed by atoms with Crippen LogP contribution >= 0.6 is 0 Å². The third-order valence-electron chi connectivity index (χ3n) is 3.30. The van der Waals surface area contributed by atoms with E-state index in [1.54, 1.807) is 0 Å². The molecule has 90 valence electrons. The molecule has 0 aromatic carbocycles. The number of ether oxygens (including phenoxy) is 1. The molecule has 3 nitrogen and oxygen atoms in total. The number of nitrogens with two attached hydrogens (primary N) is 1. The van der Waals surface area contributed by atoms with Crippen LogP contribution in [0.3, 0.4) is 0 Å². The van der Waals surface area contributed by atoms with Crippen molar-refractivity contribution >= 4 is 0 Å². The van der Waals surface area contributed by atoms with Crippen molar-refractivity contribution in [1.29, 1.82) is 0 Å². The van der Waals surface area contributed by atoms with Crippen LogP contribution < -0.4 is 5.73 Å². The highest BCUT2D eigenvalue weighted by atomic mass is 16.5. The molecule has 0 heterocycles. The molecule has 0 amide bonds. The van der Waals surface area contributed by atoms with Crippen molar-refractivity contribution in [2.45, 2.75) is 51.1 Å². The van der Waals surface area contributed by atoms with Crippen LogP contribution in [0.5, 0.6) is 0 Å². The van der Waals surface area contributed by atoms with Gasteiger partial charge in [0, 0.05) is 25.2 Å².